The molecule has 0 fully saturated rings. The van der Waals surface area contributed by atoms with E-state index in [9.17, 15) is 9.59 Å². The molecule has 0 saturated carbocycles. The zero-order valence-corrected chi connectivity index (χ0v) is 12.6. The van der Waals surface area contributed by atoms with Crippen molar-refractivity contribution >= 4 is 28.7 Å². The summed E-state index contributed by atoms with van der Waals surface area (Å²) in [5, 5.41) is 2.72. The van der Waals surface area contributed by atoms with Crippen molar-refractivity contribution in [1.29, 1.82) is 0 Å². The number of aryl methyl sites for hydroxylation is 1. The van der Waals surface area contributed by atoms with E-state index in [1.165, 1.54) is 6.92 Å². The van der Waals surface area contributed by atoms with Crippen LogP contribution in [0.2, 0.25) is 0 Å². The van der Waals surface area contributed by atoms with E-state index in [0.29, 0.717) is 28.5 Å². The smallest absolute Gasteiger partial charge is 0.274 e. The number of nitrogens with one attached hydrogen (secondary N) is 3. The Kier molecular flexibility index (Phi) is 3.29. The van der Waals surface area contributed by atoms with Gasteiger partial charge < -0.3 is 9.97 Å². The fourth-order valence-corrected chi connectivity index (χ4v) is 2.69. The van der Waals surface area contributed by atoms with Gasteiger partial charge in [-0.2, -0.15) is 0 Å². The summed E-state index contributed by atoms with van der Waals surface area (Å²) < 4.78 is 0. The predicted molar refractivity (Wildman–Crippen MR) is 84.3 cm³/mol. The van der Waals surface area contributed by atoms with Crippen LogP contribution in [-0.2, 0) is 0 Å². The van der Waals surface area contributed by atoms with Gasteiger partial charge in [0.1, 0.15) is 5.69 Å². The normalized spacial score (nSPS) is 10.9. The molecule has 0 aliphatic heterocycles. The molecule has 0 spiro atoms. The predicted octanol–water partition coefficient (Wildman–Crippen LogP) is 2.96. The van der Waals surface area contributed by atoms with Gasteiger partial charge in [-0.25, -0.2) is 4.98 Å². The average molecular weight is 296 g/mol. The molecule has 22 heavy (non-hydrogen) atoms. The first-order valence-electron chi connectivity index (χ1n) is 6.93. The van der Waals surface area contributed by atoms with E-state index in [4.69, 9.17) is 0 Å². The average Bonchev–Trinajstić information content (AvgIpc) is 2.98. The molecule has 1 amide bonds. The SMILES string of the molecule is CC(=O)c1c(C)[nH]c(C(=O)Nc2nc3ccccc3[nH]2)c1C. The molecule has 0 unspecified atom stereocenters. The molecule has 6 heteroatoms. The quantitative estimate of drug-likeness (QED) is 0.649. The first-order chi connectivity index (χ1) is 10.5. The molecule has 0 saturated heterocycles. The van der Waals surface area contributed by atoms with Gasteiger partial charge in [-0.15, -0.1) is 0 Å². The molecule has 112 valence electrons. The third kappa shape index (κ3) is 2.28. The molecule has 6 nitrogen and oxygen atoms in total. The van der Waals surface area contributed by atoms with Crippen molar-refractivity contribution in [3.63, 3.8) is 0 Å². The van der Waals surface area contributed by atoms with Crippen molar-refractivity contribution < 1.29 is 9.59 Å². The molecule has 3 aromatic rings. The number of imidazole rings is 1. The number of fused-ring (bicyclic) bond motifs is 1. The summed E-state index contributed by atoms with van der Waals surface area (Å²) in [7, 11) is 0. The number of hydrogen-bond donors (Lipinski definition) is 3. The number of aromatic nitrogens is 3. The summed E-state index contributed by atoms with van der Waals surface area (Å²) in [4.78, 5) is 34.3. The van der Waals surface area contributed by atoms with Crippen molar-refractivity contribution in [2.45, 2.75) is 20.8 Å². The Bertz CT molecular complexity index is 856. The number of para-hydroxylation sites is 2. The highest BCUT2D eigenvalue weighted by Crippen LogP contribution is 2.20. The molecule has 0 atom stereocenters. The summed E-state index contributed by atoms with van der Waals surface area (Å²) in [6.07, 6.45) is 0. The molecule has 3 rings (SSSR count). The molecular formula is C16H16N4O2. The Balaban J connectivity index is 1.91. The Hall–Kier alpha value is -2.89. The zero-order valence-electron chi connectivity index (χ0n) is 12.6. The number of aromatic amines is 2. The Labute approximate surface area is 127 Å². The number of carbonyl (C=O) groups excluding carboxylic acids is 2. The van der Waals surface area contributed by atoms with Crippen molar-refractivity contribution in [2.24, 2.45) is 0 Å². The van der Waals surface area contributed by atoms with Crippen molar-refractivity contribution in [2.75, 3.05) is 5.32 Å². The fraction of sp³-hybridized carbons (Fsp3) is 0.188. The first kappa shape index (κ1) is 14.1. The van der Waals surface area contributed by atoms with Crippen molar-refractivity contribution in [3.8, 4) is 0 Å². The Morgan fingerprint density at radius 2 is 1.86 bits per heavy atom. The van der Waals surface area contributed by atoms with Gasteiger partial charge in [0.2, 0.25) is 5.95 Å². The van der Waals surface area contributed by atoms with Crippen LogP contribution < -0.4 is 5.32 Å². The number of hydrogen-bond acceptors (Lipinski definition) is 3. The number of rotatable bonds is 3. The van der Waals surface area contributed by atoms with E-state index >= 15 is 0 Å². The van der Waals surface area contributed by atoms with Gasteiger partial charge in [0.15, 0.2) is 5.78 Å². The topological polar surface area (TPSA) is 90.6 Å². The van der Waals surface area contributed by atoms with Gasteiger partial charge in [-0.1, -0.05) is 12.1 Å². The van der Waals surface area contributed by atoms with Crippen LogP contribution in [0, 0.1) is 13.8 Å². The number of benzene rings is 1. The third-order valence-electron chi connectivity index (χ3n) is 3.64. The number of anilines is 1. The third-order valence-corrected chi connectivity index (χ3v) is 3.64. The van der Waals surface area contributed by atoms with Gasteiger partial charge >= 0.3 is 0 Å². The van der Waals surface area contributed by atoms with Crippen LogP contribution in [0.4, 0.5) is 5.95 Å². The largest absolute Gasteiger partial charge is 0.354 e. The van der Waals surface area contributed by atoms with Gasteiger partial charge in [-0.3, -0.25) is 14.9 Å². The Morgan fingerprint density at radius 3 is 2.50 bits per heavy atom. The standard InChI is InChI=1S/C16H16N4O2/c1-8-13(10(3)21)9(2)17-14(8)15(22)20-16-18-11-6-4-5-7-12(11)19-16/h4-7,17H,1-3H3,(H2,18,19,20,22). The molecular weight excluding hydrogens is 280 g/mol. The second kappa shape index (κ2) is 5.14. The number of Topliss-reactive ketones (excluding diaryl/α,β-unsaturated/α-hetero) is 1. The maximum atomic E-state index is 12.4. The maximum absolute atomic E-state index is 12.4. The van der Waals surface area contributed by atoms with Crippen LogP contribution in [0.25, 0.3) is 11.0 Å². The lowest BCUT2D eigenvalue weighted by Gasteiger charge is -2.01. The minimum Gasteiger partial charge on any atom is -0.354 e. The van der Waals surface area contributed by atoms with Crippen LogP contribution in [0.15, 0.2) is 24.3 Å². The van der Waals surface area contributed by atoms with E-state index < -0.39 is 0 Å². The number of carbonyl (C=O) groups is 2. The lowest BCUT2D eigenvalue weighted by molar-refractivity contribution is 0.101. The summed E-state index contributed by atoms with van der Waals surface area (Å²) >= 11 is 0. The number of nitrogens with zero attached hydrogens (tertiary/aromatic N) is 1. The zero-order chi connectivity index (χ0) is 15.9. The maximum Gasteiger partial charge on any atom is 0.274 e. The molecule has 1 aromatic carbocycles. The highest BCUT2D eigenvalue weighted by atomic mass is 16.2. The monoisotopic (exact) mass is 296 g/mol. The summed E-state index contributed by atoms with van der Waals surface area (Å²) in [6, 6.07) is 7.52. The van der Waals surface area contributed by atoms with E-state index in [0.717, 1.165) is 11.0 Å². The first-order valence-corrected chi connectivity index (χ1v) is 6.93. The van der Waals surface area contributed by atoms with Crippen molar-refractivity contribution in [1.82, 2.24) is 15.0 Å². The summed E-state index contributed by atoms with van der Waals surface area (Å²) in [5.74, 6) is -0.0107. The van der Waals surface area contributed by atoms with Gasteiger partial charge in [0.25, 0.3) is 5.91 Å². The lowest BCUT2D eigenvalue weighted by Crippen LogP contribution is -2.14. The highest BCUT2D eigenvalue weighted by Gasteiger charge is 2.20. The molecule has 0 radical (unpaired) electrons. The number of ketones is 1. The second-order valence-electron chi connectivity index (χ2n) is 5.24. The summed E-state index contributed by atoms with van der Waals surface area (Å²) in [5.41, 5.74) is 3.92. The van der Waals surface area contributed by atoms with E-state index in [1.807, 2.05) is 24.3 Å². The van der Waals surface area contributed by atoms with E-state index in [-0.39, 0.29) is 11.7 Å². The minimum atomic E-state index is -0.327. The molecule has 2 heterocycles. The molecule has 0 aliphatic carbocycles. The second-order valence-corrected chi connectivity index (χ2v) is 5.24. The Morgan fingerprint density at radius 1 is 1.14 bits per heavy atom. The molecule has 2 aromatic heterocycles. The molecule has 0 aliphatic rings. The summed E-state index contributed by atoms with van der Waals surface area (Å²) in [6.45, 7) is 5.03. The fourth-order valence-electron chi connectivity index (χ4n) is 2.69. The lowest BCUT2D eigenvalue weighted by atomic mass is 10.1. The van der Waals surface area contributed by atoms with Crippen LogP contribution in [0.5, 0.6) is 0 Å². The van der Waals surface area contributed by atoms with Crippen LogP contribution >= 0.6 is 0 Å². The van der Waals surface area contributed by atoms with E-state index in [2.05, 4.69) is 20.3 Å². The molecule has 0 bridgehead atoms. The van der Waals surface area contributed by atoms with Crippen molar-refractivity contribution in [3.05, 3.63) is 46.8 Å². The minimum absolute atomic E-state index is 0.0611. The van der Waals surface area contributed by atoms with Crippen LogP contribution in [0.3, 0.4) is 0 Å². The van der Waals surface area contributed by atoms with Gasteiger partial charge in [0, 0.05) is 11.3 Å². The van der Waals surface area contributed by atoms with Crippen LogP contribution in [-0.4, -0.2) is 26.6 Å². The number of H-pyrrole nitrogens is 2. The number of amides is 1. The van der Waals surface area contributed by atoms with E-state index in [1.54, 1.807) is 13.8 Å². The highest BCUT2D eigenvalue weighted by molar-refractivity contribution is 6.07. The van der Waals surface area contributed by atoms with Gasteiger partial charge in [0.05, 0.1) is 11.0 Å². The molecule has 3 N–H and O–H groups in total. The van der Waals surface area contributed by atoms with Gasteiger partial charge in [-0.05, 0) is 38.5 Å². The van der Waals surface area contributed by atoms with Crippen LogP contribution in [0.1, 0.15) is 39.0 Å².